The third-order valence-electron chi connectivity index (χ3n) is 6.90. The Balaban J connectivity index is 1.13. The Morgan fingerprint density at radius 2 is 1.97 bits per heavy atom. The lowest BCUT2D eigenvalue weighted by molar-refractivity contribution is 0.363. The number of halogens is 1. The molecule has 0 N–H and O–H groups in total. The molecule has 1 saturated carbocycles. The van der Waals surface area contributed by atoms with E-state index in [1.165, 1.54) is 10.9 Å². The van der Waals surface area contributed by atoms with E-state index in [2.05, 4.69) is 31.9 Å². The van der Waals surface area contributed by atoms with Crippen LogP contribution < -0.4 is 10.5 Å². The maximum Gasteiger partial charge on any atom is 0.280 e. The average Bonchev–Trinajstić information content (AvgIpc) is 3.21. The summed E-state index contributed by atoms with van der Waals surface area (Å²) in [5.74, 6) is 2.06. The van der Waals surface area contributed by atoms with Crippen molar-refractivity contribution in [3.63, 3.8) is 0 Å². The van der Waals surface area contributed by atoms with Crippen LogP contribution in [0.2, 0.25) is 0 Å². The molecule has 6 rings (SSSR count). The van der Waals surface area contributed by atoms with E-state index in [-0.39, 0.29) is 23.8 Å². The second-order valence-corrected chi connectivity index (χ2v) is 9.04. The van der Waals surface area contributed by atoms with Crippen molar-refractivity contribution in [3.05, 3.63) is 64.3 Å². The van der Waals surface area contributed by atoms with Gasteiger partial charge >= 0.3 is 0 Å². The number of rotatable bonds is 6. The van der Waals surface area contributed by atoms with Crippen molar-refractivity contribution in [1.29, 1.82) is 0 Å². The van der Waals surface area contributed by atoms with E-state index in [0.717, 1.165) is 37.2 Å². The first-order chi connectivity index (χ1) is 16.0. The first-order valence-electron chi connectivity index (χ1n) is 11.3. The van der Waals surface area contributed by atoms with Gasteiger partial charge in [0.05, 0.1) is 6.33 Å². The van der Waals surface area contributed by atoms with E-state index < -0.39 is 0 Å². The van der Waals surface area contributed by atoms with Gasteiger partial charge in [-0.25, -0.2) is 14.4 Å². The predicted molar refractivity (Wildman–Crippen MR) is 118 cm³/mol. The molecule has 0 radical (unpaired) electrons. The highest BCUT2D eigenvalue weighted by molar-refractivity contribution is 5.68. The van der Waals surface area contributed by atoms with Gasteiger partial charge in [-0.2, -0.15) is 4.98 Å². The molecule has 1 aromatic carbocycles. The van der Waals surface area contributed by atoms with Crippen molar-refractivity contribution in [2.45, 2.75) is 32.2 Å². The molecule has 0 spiro atoms. The molecule has 33 heavy (non-hydrogen) atoms. The summed E-state index contributed by atoms with van der Waals surface area (Å²) in [7, 11) is 1.76. The fraction of sp³-hybridized carbons (Fsp3) is 0.435. The van der Waals surface area contributed by atoms with Crippen molar-refractivity contribution >= 4 is 16.9 Å². The Hall–Kier alpha value is -3.56. The molecule has 0 bridgehead atoms. The number of hydrogen-bond acceptors (Lipinski definition) is 7. The lowest BCUT2D eigenvalue weighted by Gasteiger charge is -2.22. The number of anilines is 1. The van der Waals surface area contributed by atoms with Crippen LogP contribution in [0.25, 0.3) is 11.2 Å². The number of nitrogens with zero attached hydrogens (tertiary/aromatic N) is 7. The number of piperidine rings is 1. The number of aromatic nitrogens is 6. The van der Waals surface area contributed by atoms with Gasteiger partial charge in [-0.15, -0.1) is 0 Å². The summed E-state index contributed by atoms with van der Waals surface area (Å²) in [4.78, 5) is 27.8. The summed E-state index contributed by atoms with van der Waals surface area (Å²) in [5, 5.41) is 4.18. The molecule has 3 aromatic heterocycles. The molecular formula is C23H24FN7O2. The molecule has 2 aliphatic rings. The Bertz CT molecular complexity index is 1400. The summed E-state index contributed by atoms with van der Waals surface area (Å²) in [5.41, 5.74) is 2.37. The lowest BCUT2D eigenvalue weighted by atomic mass is 10.1. The molecule has 0 amide bonds. The molecule has 2 unspecified atom stereocenters. The summed E-state index contributed by atoms with van der Waals surface area (Å²) in [6.07, 6.45) is 4.72. The maximum atomic E-state index is 14.3. The van der Waals surface area contributed by atoms with Gasteiger partial charge < -0.3 is 14.0 Å². The largest absolute Gasteiger partial charge is 0.371 e. The summed E-state index contributed by atoms with van der Waals surface area (Å²) in [6.45, 7) is 3.93. The molecule has 4 aromatic rings. The zero-order valence-electron chi connectivity index (χ0n) is 18.5. The normalized spacial score (nSPS) is 21.7. The topological polar surface area (TPSA) is 94.9 Å². The molecule has 4 heterocycles. The Morgan fingerprint density at radius 1 is 1.18 bits per heavy atom. The SMILES string of the molecule is CCCc1ccc(N2CC3C(C2)C3c2noc(Cn3cnc4ncn(C)c4c3=O)n2)cc1F. The number of imidazole rings is 1. The highest BCUT2D eigenvalue weighted by atomic mass is 19.1. The van der Waals surface area contributed by atoms with Crippen LogP contribution in [-0.4, -0.2) is 42.3 Å². The van der Waals surface area contributed by atoms with Crippen molar-refractivity contribution in [1.82, 2.24) is 29.2 Å². The first kappa shape index (κ1) is 20.1. The third-order valence-corrected chi connectivity index (χ3v) is 6.90. The van der Waals surface area contributed by atoms with Gasteiger partial charge in [0.15, 0.2) is 17.0 Å². The molecule has 1 aliphatic carbocycles. The fourth-order valence-electron chi connectivity index (χ4n) is 5.12. The molecule has 10 heteroatoms. The molecular weight excluding hydrogens is 425 g/mol. The van der Waals surface area contributed by atoms with Gasteiger partial charge in [-0.3, -0.25) is 9.36 Å². The van der Waals surface area contributed by atoms with E-state index in [1.54, 1.807) is 24.0 Å². The van der Waals surface area contributed by atoms with Crippen LogP contribution in [0.15, 0.2) is 40.2 Å². The van der Waals surface area contributed by atoms with Gasteiger partial charge in [0.1, 0.15) is 18.7 Å². The van der Waals surface area contributed by atoms with Crippen LogP contribution in [0.3, 0.4) is 0 Å². The number of aryl methyl sites for hydroxylation is 2. The molecule has 1 saturated heterocycles. The van der Waals surface area contributed by atoms with Gasteiger partial charge in [0.25, 0.3) is 5.56 Å². The number of hydrogen-bond donors (Lipinski definition) is 0. The standard InChI is InChI=1S/C23H24FN7O2/c1-3-4-13-5-6-14(7-17(13)24)30-8-15-16(9-30)19(15)21-27-18(33-28-21)10-31-12-26-22-20(23(31)32)29(2)11-25-22/h5-7,11-12,15-16,19H,3-4,8-10H2,1-2H3. The zero-order chi connectivity index (χ0) is 22.7. The second-order valence-electron chi connectivity index (χ2n) is 9.04. The van der Waals surface area contributed by atoms with Crippen LogP contribution in [0.4, 0.5) is 10.1 Å². The van der Waals surface area contributed by atoms with Gasteiger partial charge in [-0.05, 0) is 36.0 Å². The van der Waals surface area contributed by atoms with E-state index in [1.807, 2.05) is 12.1 Å². The first-order valence-corrected chi connectivity index (χ1v) is 11.3. The highest BCUT2D eigenvalue weighted by Gasteiger charge is 2.58. The minimum atomic E-state index is -0.198. The minimum Gasteiger partial charge on any atom is -0.371 e. The van der Waals surface area contributed by atoms with E-state index in [9.17, 15) is 9.18 Å². The smallest absolute Gasteiger partial charge is 0.280 e. The van der Waals surface area contributed by atoms with E-state index in [0.29, 0.717) is 34.7 Å². The third kappa shape index (κ3) is 3.32. The Morgan fingerprint density at radius 3 is 2.73 bits per heavy atom. The van der Waals surface area contributed by atoms with Crippen LogP contribution >= 0.6 is 0 Å². The lowest BCUT2D eigenvalue weighted by Crippen LogP contribution is -2.24. The summed E-state index contributed by atoms with van der Waals surface area (Å²) >= 11 is 0. The fourth-order valence-corrected chi connectivity index (χ4v) is 5.12. The molecule has 9 nitrogen and oxygen atoms in total. The zero-order valence-corrected chi connectivity index (χ0v) is 18.5. The summed E-state index contributed by atoms with van der Waals surface area (Å²) < 4.78 is 22.9. The highest BCUT2D eigenvalue weighted by Crippen LogP contribution is 2.57. The quantitative estimate of drug-likeness (QED) is 0.446. The van der Waals surface area contributed by atoms with E-state index >= 15 is 0 Å². The molecule has 2 fully saturated rings. The van der Waals surface area contributed by atoms with Crippen LogP contribution in [0.5, 0.6) is 0 Å². The minimum absolute atomic E-state index is 0.122. The monoisotopic (exact) mass is 449 g/mol. The Labute approximate surface area is 188 Å². The molecule has 1 aliphatic heterocycles. The van der Waals surface area contributed by atoms with Crippen LogP contribution in [-0.2, 0) is 20.0 Å². The van der Waals surface area contributed by atoms with Crippen LogP contribution in [0.1, 0.15) is 36.5 Å². The second kappa shape index (κ2) is 7.50. The maximum absolute atomic E-state index is 14.3. The Kier molecular flexibility index (Phi) is 4.56. The van der Waals surface area contributed by atoms with Gasteiger partial charge in [0.2, 0.25) is 5.89 Å². The van der Waals surface area contributed by atoms with Crippen molar-refractivity contribution in [2.24, 2.45) is 18.9 Å². The van der Waals surface area contributed by atoms with Gasteiger partial charge in [-0.1, -0.05) is 24.6 Å². The van der Waals surface area contributed by atoms with E-state index in [4.69, 9.17) is 4.52 Å². The number of fused-ring (bicyclic) bond motifs is 2. The van der Waals surface area contributed by atoms with Gasteiger partial charge in [0, 0.05) is 31.7 Å². The van der Waals surface area contributed by atoms with Crippen LogP contribution in [0, 0.1) is 17.7 Å². The van der Waals surface area contributed by atoms with Crippen molar-refractivity contribution in [3.8, 4) is 0 Å². The van der Waals surface area contributed by atoms with Crippen molar-refractivity contribution in [2.75, 3.05) is 18.0 Å². The number of benzene rings is 1. The predicted octanol–water partition coefficient (Wildman–Crippen LogP) is 2.50. The summed E-state index contributed by atoms with van der Waals surface area (Å²) in [6, 6.07) is 5.58. The molecule has 170 valence electrons. The van der Waals surface area contributed by atoms with Crippen molar-refractivity contribution < 1.29 is 8.91 Å². The average molecular weight is 449 g/mol. The molecule has 2 atom stereocenters.